The fourth-order valence-electron chi connectivity index (χ4n) is 11.6. The van der Waals surface area contributed by atoms with Gasteiger partial charge < -0.3 is 89.9 Å². The van der Waals surface area contributed by atoms with E-state index in [2.05, 4.69) is 92.1 Å². The van der Waals surface area contributed by atoms with Crippen molar-refractivity contribution >= 4 is 5.91 Å². The van der Waals surface area contributed by atoms with E-state index in [0.717, 1.165) is 70.6 Å². The minimum absolute atomic E-state index is 0.233. The molecule has 0 aromatic heterocycles. The number of allylic oxidation sites excluding steroid dienone is 13. The number of carbonyl (C=O) groups excluding carboxylic acids is 1. The van der Waals surface area contributed by atoms with E-state index in [1.54, 1.807) is 6.08 Å². The van der Waals surface area contributed by atoms with Crippen molar-refractivity contribution < 1.29 is 89.4 Å². The normalized spacial score (nSPS) is 28.2. The van der Waals surface area contributed by atoms with Gasteiger partial charge in [0, 0.05) is 6.42 Å². The summed E-state index contributed by atoms with van der Waals surface area (Å²) in [5.41, 5.74) is 0. The van der Waals surface area contributed by atoms with Crippen molar-refractivity contribution in [2.75, 3.05) is 26.4 Å². The number of unbranched alkanes of at least 4 members (excludes halogenated alkanes) is 26. The van der Waals surface area contributed by atoms with E-state index in [1.165, 1.54) is 135 Å². The Hall–Kier alpha value is -3.03. The lowest BCUT2D eigenvalue weighted by Gasteiger charge is -2.48. The molecule has 1 amide bonds. The SMILES string of the molecule is CC/C=C\C/C=C\C/C=C\C/C=C\C/C=C\CCCCCCCCCCCCCCCCCCCC(=O)NC(COC1OC(CO)C(OC2OC(CO)C(OC3OC(CO)C(O)C(O)C3O)C(O)C2O)C(O)C1O)C(O)/C=C/CC/C=C/CCCCCCCCCC. The van der Waals surface area contributed by atoms with E-state index >= 15 is 0 Å². The number of rotatable bonds is 54. The topological polar surface area (TPSA) is 307 Å². The molecule has 0 aliphatic carbocycles. The van der Waals surface area contributed by atoms with Crippen LogP contribution in [0.4, 0.5) is 0 Å². The average Bonchev–Trinajstić information content (AvgIpc) is 0.840. The maximum Gasteiger partial charge on any atom is 0.220 e. The summed E-state index contributed by atoms with van der Waals surface area (Å²) in [4.78, 5) is 13.4. The van der Waals surface area contributed by atoms with Gasteiger partial charge in [0.1, 0.15) is 73.2 Å². The molecular weight excluding hydrogens is 1180 g/mol. The minimum Gasteiger partial charge on any atom is -0.394 e. The van der Waals surface area contributed by atoms with Crippen LogP contribution in [0.1, 0.15) is 239 Å². The van der Waals surface area contributed by atoms with Crippen LogP contribution in [-0.4, -0.2) is 193 Å². The lowest BCUT2D eigenvalue weighted by molar-refractivity contribution is -0.379. The van der Waals surface area contributed by atoms with Crippen molar-refractivity contribution in [1.29, 1.82) is 0 Å². The highest BCUT2D eigenvalue weighted by atomic mass is 16.8. The highest BCUT2D eigenvalue weighted by Gasteiger charge is 2.53. The Morgan fingerprint density at radius 2 is 0.761 bits per heavy atom. The molecule has 3 saturated heterocycles. The van der Waals surface area contributed by atoms with Crippen molar-refractivity contribution in [3.05, 3.63) is 85.1 Å². The summed E-state index contributed by atoms with van der Waals surface area (Å²) in [5.74, 6) is -0.287. The molecule has 17 atom stereocenters. The number of amides is 1. The molecule has 3 fully saturated rings. The van der Waals surface area contributed by atoms with Crippen LogP contribution in [-0.2, 0) is 33.2 Å². The van der Waals surface area contributed by atoms with Gasteiger partial charge in [0.25, 0.3) is 0 Å². The van der Waals surface area contributed by atoms with Gasteiger partial charge in [0.2, 0.25) is 5.91 Å². The maximum atomic E-state index is 13.4. The molecule has 0 radical (unpaired) electrons. The van der Waals surface area contributed by atoms with E-state index in [9.17, 15) is 61.0 Å². The third kappa shape index (κ3) is 35.3. The van der Waals surface area contributed by atoms with Crippen LogP contribution >= 0.6 is 0 Å². The Morgan fingerprint density at radius 1 is 0.402 bits per heavy atom. The van der Waals surface area contributed by atoms with E-state index in [-0.39, 0.29) is 18.9 Å². The predicted molar refractivity (Wildman–Crippen MR) is 360 cm³/mol. The van der Waals surface area contributed by atoms with Gasteiger partial charge in [0.15, 0.2) is 18.9 Å². The summed E-state index contributed by atoms with van der Waals surface area (Å²) in [5, 5.41) is 120. The molecule has 0 aromatic carbocycles. The van der Waals surface area contributed by atoms with Crippen LogP contribution in [0.2, 0.25) is 0 Å². The fourth-order valence-corrected chi connectivity index (χ4v) is 11.6. The molecule has 0 spiro atoms. The molecular formula is C73H127NO18. The zero-order chi connectivity index (χ0) is 66.8. The van der Waals surface area contributed by atoms with Gasteiger partial charge in [-0.2, -0.15) is 0 Å². The number of nitrogens with one attached hydrogen (secondary N) is 1. The van der Waals surface area contributed by atoms with Crippen LogP contribution in [0.5, 0.6) is 0 Å². The second kappa shape index (κ2) is 54.0. The molecule has 12 N–H and O–H groups in total. The summed E-state index contributed by atoms with van der Waals surface area (Å²) in [6.45, 7) is 1.59. The Bertz CT molecular complexity index is 2000. The third-order valence-electron chi connectivity index (χ3n) is 17.4. The Kier molecular flexibility index (Phi) is 48.9. The number of hydrogen-bond acceptors (Lipinski definition) is 18. The number of aliphatic hydroxyl groups excluding tert-OH is 11. The molecule has 17 unspecified atom stereocenters. The average molecular weight is 1310 g/mol. The number of hydrogen-bond donors (Lipinski definition) is 12. The zero-order valence-electron chi connectivity index (χ0n) is 56.3. The largest absolute Gasteiger partial charge is 0.394 e. The standard InChI is InChI=1S/C73H127NO18/c1-3-5-7-9-11-13-15-17-19-20-21-22-23-24-25-26-27-28-29-30-31-32-33-34-35-36-37-39-41-43-45-47-49-51-61(79)74-56(57(78)50-48-46-44-42-40-38-18-16-14-12-10-8-6-4-2)55-87-71-67(85)64(82)69(59(53-76)89-71)92-73-68(86)65(83)70(60(54-77)90-73)91-72-66(84)63(81)62(80)58(52-75)88-72/h5,7,11,13,17,19,21-22,24-25,40,42,48,50,56-60,62-73,75-78,80-86H,3-4,6,8-10,12,14-16,18,20,23,26-39,41,43-47,49,51-55H2,1-2H3,(H,74,79)/b7-5-,13-11-,19-17-,22-21-,25-24-,42-40+,50-48+. The van der Waals surface area contributed by atoms with Crippen LogP contribution in [0.15, 0.2) is 85.1 Å². The Balaban J connectivity index is 1.36. The molecule has 3 rings (SSSR count). The first-order valence-electron chi connectivity index (χ1n) is 35.8. The van der Waals surface area contributed by atoms with Crippen molar-refractivity contribution in [3.63, 3.8) is 0 Å². The van der Waals surface area contributed by atoms with E-state index in [1.807, 2.05) is 6.08 Å². The van der Waals surface area contributed by atoms with Gasteiger partial charge in [-0.25, -0.2) is 0 Å². The predicted octanol–water partition coefficient (Wildman–Crippen LogP) is 9.88. The number of aliphatic hydroxyl groups is 11. The lowest BCUT2D eigenvalue weighted by atomic mass is 9.96. The van der Waals surface area contributed by atoms with Crippen LogP contribution in [0.25, 0.3) is 0 Å². The second-order valence-corrected chi connectivity index (χ2v) is 25.3. The van der Waals surface area contributed by atoms with Gasteiger partial charge in [-0.15, -0.1) is 0 Å². The first kappa shape index (κ1) is 83.2. The fraction of sp³-hybridized carbons (Fsp3) is 0.795. The highest BCUT2D eigenvalue weighted by Crippen LogP contribution is 2.33. The minimum atomic E-state index is -1.98. The Morgan fingerprint density at radius 3 is 1.22 bits per heavy atom. The van der Waals surface area contributed by atoms with E-state index in [4.69, 9.17) is 28.4 Å². The first-order valence-corrected chi connectivity index (χ1v) is 35.8. The van der Waals surface area contributed by atoms with Crippen molar-refractivity contribution in [2.45, 2.75) is 343 Å². The number of carbonyl (C=O) groups is 1. The highest BCUT2D eigenvalue weighted by molar-refractivity contribution is 5.76. The van der Waals surface area contributed by atoms with Gasteiger partial charge in [-0.3, -0.25) is 4.79 Å². The molecule has 3 heterocycles. The summed E-state index contributed by atoms with van der Waals surface area (Å²) < 4.78 is 34.3. The zero-order valence-corrected chi connectivity index (χ0v) is 56.3. The summed E-state index contributed by atoms with van der Waals surface area (Å²) >= 11 is 0. The third-order valence-corrected chi connectivity index (χ3v) is 17.4. The summed E-state index contributed by atoms with van der Waals surface area (Å²) in [7, 11) is 0. The van der Waals surface area contributed by atoms with Crippen LogP contribution in [0, 0.1) is 0 Å². The van der Waals surface area contributed by atoms with Crippen molar-refractivity contribution in [2.24, 2.45) is 0 Å². The first-order chi connectivity index (χ1) is 44.8. The number of ether oxygens (including phenoxy) is 6. The van der Waals surface area contributed by atoms with E-state index < -0.39 is 124 Å². The Labute approximate surface area is 552 Å². The van der Waals surface area contributed by atoms with Crippen LogP contribution in [0.3, 0.4) is 0 Å². The molecule has 0 bridgehead atoms. The van der Waals surface area contributed by atoms with Crippen molar-refractivity contribution in [1.82, 2.24) is 5.32 Å². The van der Waals surface area contributed by atoms with E-state index in [0.29, 0.717) is 12.8 Å². The molecule has 19 heteroatoms. The molecule has 92 heavy (non-hydrogen) atoms. The smallest absolute Gasteiger partial charge is 0.220 e. The lowest BCUT2D eigenvalue weighted by Crippen LogP contribution is -2.66. The van der Waals surface area contributed by atoms with Gasteiger partial charge in [0.05, 0.1) is 38.6 Å². The van der Waals surface area contributed by atoms with Gasteiger partial charge >= 0.3 is 0 Å². The van der Waals surface area contributed by atoms with Gasteiger partial charge in [-0.1, -0.05) is 240 Å². The molecule has 532 valence electrons. The second-order valence-electron chi connectivity index (χ2n) is 25.3. The monoisotopic (exact) mass is 1310 g/mol. The maximum absolute atomic E-state index is 13.4. The molecule has 3 aliphatic heterocycles. The van der Waals surface area contributed by atoms with Gasteiger partial charge in [-0.05, 0) is 77.0 Å². The molecule has 0 aromatic rings. The summed E-state index contributed by atoms with van der Waals surface area (Å²) in [6, 6.07) is -0.992. The quantitative estimate of drug-likeness (QED) is 0.0199. The molecule has 19 nitrogen and oxygen atoms in total. The van der Waals surface area contributed by atoms with Crippen LogP contribution < -0.4 is 5.32 Å². The summed E-state index contributed by atoms with van der Waals surface area (Å²) in [6.07, 6.45) is 42.9. The molecule has 3 aliphatic rings. The molecule has 0 saturated carbocycles. The van der Waals surface area contributed by atoms with Crippen molar-refractivity contribution in [3.8, 4) is 0 Å².